The number of nitrogens with one attached hydrogen (secondary N) is 3. The van der Waals surface area contributed by atoms with Gasteiger partial charge in [-0.15, -0.1) is 0 Å². The molecule has 1 saturated carbocycles. The second-order valence-corrected chi connectivity index (χ2v) is 10.1. The minimum absolute atomic E-state index is 0.00696. The topological polar surface area (TPSA) is 141 Å². The normalized spacial score (nSPS) is 26.1. The molecule has 0 bridgehead atoms. The highest BCUT2D eigenvalue weighted by Gasteiger charge is 2.50. The number of aliphatic hydroxyl groups excluding tert-OH is 1. The van der Waals surface area contributed by atoms with E-state index in [-0.39, 0.29) is 30.1 Å². The van der Waals surface area contributed by atoms with Crippen molar-refractivity contribution in [1.82, 2.24) is 20.5 Å². The number of hydrogen-bond donors (Lipinski definition) is 4. The van der Waals surface area contributed by atoms with E-state index in [2.05, 4.69) is 15.6 Å². The van der Waals surface area contributed by atoms with Gasteiger partial charge in [0.25, 0.3) is 5.91 Å². The van der Waals surface area contributed by atoms with Crippen molar-refractivity contribution in [3.63, 3.8) is 0 Å². The average molecular weight is 497 g/mol. The van der Waals surface area contributed by atoms with Crippen LogP contribution in [0.3, 0.4) is 0 Å². The van der Waals surface area contributed by atoms with Gasteiger partial charge in [-0.3, -0.25) is 19.2 Å². The summed E-state index contributed by atoms with van der Waals surface area (Å²) >= 11 is 0. The summed E-state index contributed by atoms with van der Waals surface area (Å²) < 4.78 is 5.42. The minimum Gasteiger partial charge on any atom is -0.496 e. The van der Waals surface area contributed by atoms with Crippen LogP contribution in [0.2, 0.25) is 0 Å². The summed E-state index contributed by atoms with van der Waals surface area (Å²) in [6, 6.07) is 5.57. The van der Waals surface area contributed by atoms with Gasteiger partial charge in [-0.05, 0) is 55.7 Å². The number of ketones is 1. The fraction of sp³-hybridized carbons (Fsp3) is 0.538. The Morgan fingerprint density at radius 1 is 1.25 bits per heavy atom. The number of likely N-dealkylation sites (tertiary alicyclic amines) is 1. The molecule has 2 aromatic rings. The predicted octanol–water partition coefficient (Wildman–Crippen LogP) is 0.990. The summed E-state index contributed by atoms with van der Waals surface area (Å²) in [5.41, 5.74) is 1.14. The monoisotopic (exact) mass is 496 g/mol. The SMILES string of the molecule is COc1cccc2[nH]c(C(=O)N3C[C@@H]4CCC[C@@H]4[C@@H]3C(=O)N[C@@H](C[C@H]3CCNC3=O)C(=O)CO)cc12. The number of rotatable bonds is 8. The van der Waals surface area contributed by atoms with E-state index in [4.69, 9.17) is 4.74 Å². The molecule has 2 saturated heterocycles. The Labute approximate surface area is 208 Å². The van der Waals surface area contributed by atoms with Crippen LogP contribution in [0.4, 0.5) is 0 Å². The fourth-order valence-electron chi connectivity index (χ4n) is 6.22. The molecule has 5 atom stereocenters. The van der Waals surface area contributed by atoms with E-state index in [1.165, 1.54) is 0 Å². The summed E-state index contributed by atoms with van der Waals surface area (Å²) in [5, 5.41) is 15.8. The lowest BCUT2D eigenvalue weighted by molar-refractivity contribution is -0.133. The van der Waals surface area contributed by atoms with Gasteiger partial charge in [0.2, 0.25) is 11.8 Å². The number of benzene rings is 1. The number of fused-ring (bicyclic) bond motifs is 2. The molecule has 10 nitrogen and oxygen atoms in total. The molecule has 1 aromatic heterocycles. The molecule has 4 N–H and O–H groups in total. The van der Waals surface area contributed by atoms with Crippen molar-refractivity contribution in [3.05, 3.63) is 30.0 Å². The van der Waals surface area contributed by atoms with Crippen LogP contribution in [-0.2, 0) is 14.4 Å². The first-order valence-corrected chi connectivity index (χ1v) is 12.6. The van der Waals surface area contributed by atoms with Crippen LogP contribution < -0.4 is 15.4 Å². The molecule has 10 heteroatoms. The van der Waals surface area contributed by atoms with E-state index in [0.717, 1.165) is 30.2 Å². The van der Waals surface area contributed by atoms with Gasteiger partial charge in [0.15, 0.2) is 5.78 Å². The Kier molecular flexibility index (Phi) is 6.70. The van der Waals surface area contributed by atoms with Crippen LogP contribution in [0.15, 0.2) is 24.3 Å². The van der Waals surface area contributed by atoms with Gasteiger partial charge < -0.3 is 30.4 Å². The quantitative estimate of drug-likeness (QED) is 0.430. The number of carbonyl (C=O) groups is 4. The fourth-order valence-corrected chi connectivity index (χ4v) is 6.22. The van der Waals surface area contributed by atoms with E-state index in [1.807, 2.05) is 18.2 Å². The van der Waals surface area contributed by atoms with Crippen LogP contribution in [-0.4, -0.2) is 77.4 Å². The lowest BCUT2D eigenvalue weighted by Gasteiger charge is -2.29. The summed E-state index contributed by atoms with van der Waals surface area (Å²) in [5.74, 6) is -0.889. The van der Waals surface area contributed by atoms with Crippen LogP contribution in [0, 0.1) is 17.8 Å². The molecule has 0 radical (unpaired) electrons. The zero-order valence-electron chi connectivity index (χ0n) is 20.3. The highest BCUT2D eigenvalue weighted by atomic mass is 16.5. The van der Waals surface area contributed by atoms with Crippen LogP contribution in [0.5, 0.6) is 5.75 Å². The predicted molar refractivity (Wildman–Crippen MR) is 130 cm³/mol. The van der Waals surface area contributed by atoms with Gasteiger partial charge >= 0.3 is 0 Å². The molecule has 3 aliphatic rings. The largest absolute Gasteiger partial charge is 0.496 e. The number of amides is 3. The van der Waals surface area contributed by atoms with E-state index in [0.29, 0.717) is 31.0 Å². The second kappa shape index (κ2) is 9.93. The Balaban J connectivity index is 1.39. The van der Waals surface area contributed by atoms with Crippen molar-refractivity contribution >= 4 is 34.4 Å². The van der Waals surface area contributed by atoms with Crippen molar-refractivity contribution in [2.45, 2.75) is 44.2 Å². The molecule has 1 aliphatic carbocycles. The maximum Gasteiger partial charge on any atom is 0.271 e. The Morgan fingerprint density at radius 3 is 2.81 bits per heavy atom. The third kappa shape index (κ3) is 4.34. The lowest BCUT2D eigenvalue weighted by atomic mass is 9.92. The second-order valence-electron chi connectivity index (χ2n) is 10.1. The molecule has 5 rings (SSSR count). The smallest absolute Gasteiger partial charge is 0.271 e. The first-order chi connectivity index (χ1) is 17.4. The van der Waals surface area contributed by atoms with Crippen LogP contribution in [0.25, 0.3) is 10.9 Å². The van der Waals surface area contributed by atoms with E-state index in [1.54, 1.807) is 18.1 Å². The molecule has 3 heterocycles. The molecule has 1 aromatic carbocycles. The molecule has 0 unspecified atom stereocenters. The minimum atomic E-state index is -0.980. The first-order valence-electron chi connectivity index (χ1n) is 12.6. The average Bonchev–Trinajstić information content (AvgIpc) is 3.66. The van der Waals surface area contributed by atoms with E-state index in [9.17, 15) is 24.3 Å². The molecular formula is C26H32N4O6. The highest BCUT2D eigenvalue weighted by molar-refractivity contribution is 6.02. The van der Waals surface area contributed by atoms with Crippen LogP contribution >= 0.6 is 0 Å². The van der Waals surface area contributed by atoms with Gasteiger partial charge in [0.05, 0.1) is 13.2 Å². The zero-order chi connectivity index (χ0) is 25.4. The lowest BCUT2D eigenvalue weighted by Crippen LogP contribution is -2.53. The van der Waals surface area contributed by atoms with Gasteiger partial charge in [-0.1, -0.05) is 12.5 Å². The standard InChI is InChI=1S/C26H32N4O6/c1-36-22-7-3-6-18-17(22)11-20(28-18)26(35)30-12-15-4-2-5-16(15)23(30)25(34)29-19(21(32)13-31)10-14-8-9-27-24(14)33/h3,6-7,11,14-16,19,23,28,31H,2,4-5,8-10,12-13H2,1H3,(H,27,33)(H,29,34)/t14-,15+,16+,19+,23-/m1/s1. The Morgan fingerprint density at radius 2 is 2.08 bits per heavy atom. The number of aliphatic hydroxyl groups is 1. The van der Waals surface area contributed by atoms with Gasteiger partial charge in [-0.2, -0.15) is 0 Å². The Hall–Kier alpha value is -3.40. The summed E-state index contributed by atoms with van der Waals surface area (Å²) in [6.45, 7) is 0.273. The third-order valence-electron chi connectivity index (χ3n) is 8.04. The van der Waals surface area contributed by atoms with E-state index >= 15 is 0 Å². The van der Waals surface area contributed by atoms with Crippen molar-refractivity contribution in [3.8, 4) is 5.75 Å². The number of nitrogens with zero attached hydrogens (tertiary/aromatic N) is 1. The number of aromatic nitrogens is 1. The summed E-state index contributed by atoms with van der Waals surface area (Å²) in [6.07, 6.45) is 3.47. The number of methoxy groups -OCH3 is 1. The Bertz CT molecular complexity index is 1190. The molecular weight excluding hydrogens is 464 g/mol. The molecule has 192 valence electrons. The molecule has 2 aliphatic heterocycles. The molecule has 0 spiro atoms. The number of aromatic amines is 1. The van der Waals surface area contributed by atoms with Gasteiger partial charge in [0.1, 0.15) is 24.1 Å². The zero-order valence-corrected chi connectivity index (χ0v) is 20.3. The number of Topliss-reactive ketones (excluding diaryl/α,β-unsaturated/α-hetero) is 1. The van der Waals surface area contributed by atoms with Crippen molar-refractivity contribution < 1.29 is 29.0 Å². The first kappa shape index (κ1) is 24.3. The molecule has 36 heavy (non-hydrogen) atoms. The van der Waals surface area contributed by atoms with Crippen molar-refractivity contribution in [2.75, 3.05) is 26.8 Å². The van der Waals surface area contributed by atoms with Crippen molar-refractivity contribution in [1.29, 1.82) is 0 Å². The van der Waals surface area contributed by atoms with Gasteiger partial charge in [-0.25, -0.2) is 0 Å². The maximum atomic E-state index is 13.7. The molecule has 3 amide bonds. The maximum absolute atomic E-state index is 13.7. The third-order valence-corrected chi connectivity index (χ3v) is 8.04. The molecule has 3 fully saturated rings. The summed E-state index contributed by atoms with van der Waals surface area (Å²) in [7, 11) is 1.57. The number of ether oxygens (including phenoxy) is 1. The number of H-pyrrole nitrogens is 1. The van der Waals surface area contributed by atoms with Crippen LogP contribution in [0.1, 0.15) is 42.6 Å². The number of hydrogen-bond acceptors (Lipinski definition) is 6. The highest BCUT2D eigenvalue weighted by Crippen LogP contribution is 2.43. The van der Waals surface area contributed by atoms with Gasteiger partial charge in [0, 0.05) is 29.9 Å². The summed E-state index contributed by atoms with van der Waals surface area (Å²) in [4.78, 5) is 56.6. The van der Waals surface area contributed by atoms with Crippen molar-refractivity contribution in [2.24, 2.45) is 17.8 Å². The van der Waals surface area contributed by atoms with E-state index < -0.39 is 36.3 Å². The number of carbonyl (C=O) groups excluding carboxylic acids is 4.